The van der Waals surface area contributed by atoms with Crippen molar-refractivity contribution in [2.45, 2.75) is 58.5 Å². The van der Waals surface area contributed by atoms with Crippen molar-refractivity contribution in [2.75, 3.05) is 11.4 Å². The van der Waals surface area contributed by atoms with Crippen molar-refractivity contribution in [1.82, 2.24) is 5.32 Å². The average Bonchev–Trinajstić information content (AvgIpc) is 3.46. The maximum Gasteiger partial charge on any atom is 0.426 e. The second-order valence-electron chi connectivity index (χ2n) is 10.0. The number of fused-ring (bicyclic) bond motifs is 1. The zero-order valence-corrected chi connectivity index (χ0v) is 22.3. The van der Waals surface area contributed by atoms with Crippen molar-refractivity contribution in [2.24, 2.45) is 0 Å². The fourth-order valence-corrected chi connectivity index (χ4v) is 5.15. The minimum Gasteiger partial charge on any atom is -0.488 e. The number of benzene rings is 2. The van der Waals surface area contributed by atoms with Crippen LogP contribution in [0.1, 0.15) is 43.0 Å². The van der Waals surface area contributed by atoms with Gasteiger partial charge in [-0.2, -0.15) is 13.2 Å². The number of amides is 2. The normalized spacial score (nSPS) is 14.1. The lowest BCUT2D eigenvalue weighted by Crippen LogP contribution is -2.47. The first kappa shape index (κ1) is 27.5. The molecular formula is C28H29F3N2O4S. The molecule has 0 radical (unpaired) electrons. The molecule has 0 saturated heterocycles. The molecule has 10 heteroatoms. The summed E-state index contributed by atoms with van der Waals surface area (Å²) in [6.45, 7) is 7.25. The van der Waals surface area contributed by atoms with Crippen molar-refractivity contribution in [3.63, 3.8) is 0 Å². The Morgan fingerprint density at radius 3 is 2.45 bits per heavy atom. The van der Waals surface area contributed by atoms with Crippen molar-refractivity contribution in [1.29, 1.82) is 0 Å². The number of hydrogen-bond donors (Lipinski definition) is 1. The maximum absolute atomic E-state index is 13.7. The Morgan fingerprint density at radius 1 is 1.08 bits per heavy atom. The lowest BCUT2D eigenvalue weighted by Gasteiger charge is -2.24. The summed E-state index contributed by atoms with van der Waals surface area (Å²) in [4.78, 5) is 26.4. The van der Waals surface area contributed by atoms with Crippen LogP contribution in [0.2, 0.25) is 0 Å². The smallest absolute Gasteiger partial charge is 0.426 e. The summed E-state index contributed by atoms with van der Waals surface area (Å²) in [5.41, 5.74) is 1.55. The molecule has 0 spiro atoms. The Morgan fingerprint density at radius 2 is 1.79 bits per heavy atom. The van der Waals surface area contributed by atoms with Gasteiger partial charge in [0.15, 0.2) is 0 Å². The molecule has 0 aliphatic carbocycles. The lowest BCUT2D eigenvalue weighted by atomic mass is 10.1. The number of alkyl carbamates (subject to hydrolysis) is 1. The predicted octanol–water partition coefficient (Wildman–Crippen LogP) is 6.82. The quantitative estimate of drug-likeness (QED) is 0.369. The molecule has 1 N–H and O–H groups in total. The van der Waals surface area contributed by atoms with Gasteiger partial charge in [0.05, 0.1) is 0 Å². The molecule has 4 rings (SSSR count). The number of carbonyl (C=O) groups excluding carboxylic acids is 2. The van der Waals surface area contributed by atoms with E-state index in [0.29, 0.717) is 46.2 Å². The largest absolute Gasteiger partial charge is 0.488 e. The molecule has 0 unspecified atom stereocenters. The molecule has 1 aliphatic heterocycles. The molecule has 0 fully saturated rings. The Bertz CT molecular complexity index is 1320. The SMILES string of the molecule is C[C@H](NC(=O)OC(C)(C)C)C(=O)N1CCc2cc(OCc3cc(-c4ccccc4)c(C(F)(F)F)s3)ccc21. The second kappa shape index (κ2) is 10.7. The average molecular weight is 547 g/mol. The first-order valence-electron chi connectivity index (χ1n) is 12.1. The minimum atomic E-state index is -4.47. The van der Waals surface area contributed by atoms with Crippen LogP contribution < -0.4 is 15.0 Å². The van der Waals surface area contributed by atoms with Crippen LogP contribution in [0.4, 0.5) is 23.7 Å². The van der Waals surface area contributed by atoms with Gasteiger partial charge in [0.25, 0.3) is 0 Å². The molecule has 202 valence electrons. The summed E-state index contributed by atoms with van der Waals surface area (Å²) < 4.78 is 52.1. The number of halogens is 3. The van der Waals surface area contributed by atoms with Crippen LogP contribution in [0.5, 0.6) is 5.75 Å². The van der Waals surface area contributed by atoms with E-state index in [1.165, 1.54) is 6.07 Å². The van der Waals surface area contributed by atoms with Gasteiger partial charge in [0.1, 0.15) is 28.9 Å². The van der Waals surface area contributed by atoms with Crippen molar-refractivity contribution >= 4 is 29.0 Å². The zero-order chi connectivity index (χ0) is 27.7. The van der Waals surface area contributed by atoms with Gasteiger partial charge in [-0.25, -0.2) is 4.79 Å². The molecule has 3 aromatic rings. The highest BCUT2D eigenvalue weighted by Crippen LogP contribution is 2.43. The van der Waals surface area contributed by atoms with E-state index in [1.807, 2.05) is 0 Å². The molecule has 1 aromatic heterocycles. The number of nitrogens with zero attached hydrogens (tertiary/aromatic N) is 1. The number of nitrogens with one attached hydrogen (secondary N) is 1. The third-order valence-electron chi connectivity index (χ3n) is 5.82. The number of hydrogen-bond acceptors (Lipinski definition) is 5. The molecule has 0 bridgehead atoms. The summed E-state index contributed by atoms with van der Waals surface area (Å²) in [5, 5.41) is 2.57. The van der Waals surface area contributed by atoms with Crippen LogP contribution in [0.15, 0.2) is 54.6 Å². The maximum atomic E-state index is 13.7. The van der Waals surface area contributed by atoms with Crippen LogP contribution >= 0.6 is 11.3 Å². The first-order chi connectivity index (χ1) is 17.8. The summed E-state index contributed by atoms with van der Waals surface area (Å²) >= 11 is 0.674. The monoisotopic (exact) mass is 546 g/mol. The Kier molecular flexibility index (Phi) is 7.73. The Labute approximate surface area is 223 Å². The van der Waals surface area contributed by atoms with Gasteiger partial charge in [0.2, 0.25) is 5.91 Å². The van der Waals surface area contributed by atoms with E-state index in [0.717, 1.165) is 5.56 Å². The van der Waals surface area contributed by atoms with E-state index < -0.39 is 28.8 Å². The highest BCUT2D eigenvalue weighted by Gasteiger charge is 2.36. The van der Waals surface area contributed by atoms with E-state index in [-0.39, 0.29) is 18.1 Å². The molecule has 2 heterocycles. The Hall–Kier alpha value is -3.53. The van der Waals surface area contributed by atoms with Gasteiger partial charge >= 0.3 is 12.3 Å². The van der Waals surface area contributed by atoms with Gasteiger partial charge in [-0.15, -0.1) is 11.3 Å². The van der Waals surface area contributed by atoms with Crippen LogP contribution in [-0.2, 0) is 28.7 Å². The number of anilines is 1. The van der Waals surface area contributed by atoms with Crippen LogP contribution in [0.3, 0.4) is 0 Å². The van der Waals surface area contributed by atoms with Gasteiger partial charge < -0.3 is 19.7 Å². The minimum absolute atomic E-state index is 0.0150. The van der Waals surface area contributed by atoms with E-state index >= 15 is 0 Å². The second-order valence-corrected chi connectivity index (χ2v) is 11.1. The highest BCUT2D eigenvalue weighted by atomic mass is 32.1. The lowest BCUT2D eigenvalue weighted by molar-refractivity contribution is -0.133. The predicted molar refractivity (Wildman–Crippen MR) is 140 cm³/mol. The standard InChI is InChI=1S/C28H29F3N2O4S/c1-17(32-26(35)37-27(2,3)4)25(34)33-13-12-19-14-20(10-11-23(19)33)36-16-21-15-22(18-8-6-5-7-9-18)24(38-21)28(29,30)31/h5-11,14-15,17H,12-13,16H2,1-4H3,(H,32,35)/t17-/m0/s1. The number of carbonyl (C=O) groups is 2. The van der Waals surface area contributed by atoms with E-state index in [2.05, 4.69) is 5.32 Å². The van der Waals surface area contributed by atoms with Gasteiger partial charge in [-0.1, -0.05) is 30.3 Å². The van der Waals surface area contributed by atoms with E-state index in [9.17, 15) is 22.8 Å². The summed E-state index contributed by atoms with van der Waals surface area (Å²) in [7, 11) is 0. The molecule has 1 atom stereocenters. The van der Waals surface area contributed by atoms with Gasteiger partial charge in [-0.3, -0.25) is 4.79 Å². The van der Waals surface area contributed by atoms with Crippen molar-refractivity contribution in [3.05, 3.63) is 69.9 Å². The molecule has 0 saturated carbocycles. The number of thiophene rings is 1. The molecule has 38 heavy (non-hydrogen) atoms. The number of ether oxygens (including phenoxy) is 2. The van der Waals surface area contributed by atoms with Crippen LogP contribution in [-0.4, -0.2) is 30.2 Å². The Balaban J connectivity index is 1.43. The topological polar surface area (TPSA) is 67.9 Å². The van der Waals surface area contributed by atoms with Crippen molar-refractivity contribution < 1.29 is 32.2 Å². The summed E-state index contributed by atoms with van der Waals surface area (Å²) in [6, 6.07) is 14.4. The molecule has 6 nitrogen and oxygen atoms in total. The molecule has 1 aliphatic rings. The third kappa shape index (κ3) is 6.48. The fourth-order valence-electron chi connectivity index (χ4n) is 4.19. The fraction of sp³-hybridized carbons (Fsp3) is 0.357. The highest BCUT2D eigenvalue weighted by molar-refractivity contribution is 7.12. The molecule has 2 aromatic carbocycles. The summed E-state index contributed by atoms with van der Waals surface area (Å²) in [6.07, 6.45) is -4.54. The number of alkyl halides is 3. The zero-order valence-electron chi connectivity index (χ0n) is 21.5. The summed E-state index contributed by atoms with van der Waals surface area (Å²) in [5.74, 6) is 0.233. The molecule has 2 amide bonds. The van der Waals surface area contributed by atoms with Crippen molar-refractivity contribution in [3.8, 4) is 16.9 Å². The number of rotatable bonds is 6. The molecular weight excluding hydrogens is 517 g/mol. The van der Waals surface area contributed by atoms with Gasteiger partial charge in [0, 0.05) is 22.7 Å². The third-order valence-corrected chi connectivity index (χ3v) is 6.98. The van der Waals surface area contributed by atoms with Crippen LogP contribution in [0.25, 0.3) is 11.1 Å². The van der Waals surface area contributed by atoms with Gasteiger partial charge in [-0.05, 0) is 69.5 Å². The first-order valence-corrected chi connectivity index (χ1v) is 13.0. The van der Waals surface area contributed by atoms with Crippen LogP contribution in [0, 0.1) is 0 Å². The van der Waals surface area contributed by atoms with E-state index in [1.54, 1.807) is 81.1 Å². The van der Waals surface area contributed by atoms with E-state index in [4.69, 9.17) is 9.47 Å².